The summed E-state index contributed by atoms with van der Waals surface area (Å²) in [5, 5.41) is 3.95. The first kappa shape index (κ1) is 20.7. The van der Waals surface area contributed by atoms with Crippen LogP contribution in [0.15, 0.2) is 53.3 Å². The SMILES string of the molecule is CCc1ccc(CN2CC(C(=O)N(C)Cc3nc(-c4cccnc4)no3)CC2=O)cc1. The minimum Gasteiger partial charge on any atom is -0.338 e. The van der Waals surface area contributed by atoms with E-state index < -0.39 is 0 Å². The van der Waals surface area contributed by atoms with Gasteiger partial charge >= 0.3 is 0 Å². The smallest absolute Gasteiger partial charge is 0.246 e. The van der Waals surface area contributed by atoms with E-state index in [9.17, 15) is 9.59 Å². The van der Waals surface area contributed by atoms with Crippen molar-refractivity contribution in [2.45, 2.75) is 32.9 Å². The molecule has 0 radical (unpaired) electrons. The van der Waals surface area contributed by atoms with Gasteiger partial charge in [-0.05, 0) is 29.7 Å². The van der Waals surface area contributed by atoms with E-state index in [2.05, 4.69) is 34.2 Å². The van der Waals surface area contributed by atoms with E-state index in [1.54, 1.807) is 30.4 Å². The van der Waals surface area contributed by atoms with Gasteiger partial charge in [0.1, 0.15) is 0 Å². The molecule has 2 amide bonds. The summed E-state index contributed by atoms with van der Waals surface area (Å²) in [6.07, 6.45) is 4.53. The molecule has 3 aromatic rings. The summed E-state index contributed by atoms with van der Waals surface area (Å²) in [7, 11) is 1.69. The number of hydrogen-bond acceptors (Lipinski definition) is 6. The third-order valence-corrected chi connectivity index (χ3v) is 5.50. The van der Waals surface area contributed by atoms with Gasteiger partial charge in [0, 0.05) is 44.5 Å². The number of rotatable bonds is 7. The minimum absolute atomic E-state index is 0.00275. The predicted octanol–water partition coefficient (Wildman–Crippen LogP) is 2.70. The number of aromatic nitrogens is 3. The number of hydrogen-bond donors (Lipinski definition) is 0. The van der Waals surface area contributed by atoms with Crippen LogP contribution in [-0.4, -0.2) is 50.3 Å². The minimum atomic E-state index is -0.367. The Hall–Kier alpha value is -3.55. The van der Waals surface area contributed by atoms with Crippen LogP contribution >= 0.6 is 0 Å². The normalized spacial score (nSPS) is 16.0. The molecule has 1 unspecified atom stereocenters. The molecule has 1 aliphatic heterocycles. The summed E-state index contributed by atoms with van der Waals surface area (Å²) < 4.78 is 5.28. The molecule has 2 aromatic heterocycles. The maximum atomic E-state index is 12.9. The van der Waals surface area contributed by atoms with E-state index in [0.29, 0.717) is 24.8 Å². The van der Waals surface area contributed by atoms with Gasteiger partial charge in [-0.1, -0.05) is 36.3 Å². The van der Waals surface area contributed by atoms with Gasteiger partial charge in [-0.2, -0.15) is 4.98 Å². The number of aryl methyl sites for hydroxylation is 1. The van der Waals surface area contributed by atoms with Crippen molar-refractivity contribution in [1.29, 1.82) is 0 Å². The van der Waals surface area contributed by atoms with Crippen LogP contribution < -0.4 is 0 Å². The van der Waals surface area contributed by atoms with Crippen molar-refractivity contribution in [1.82, 2.24) is 24.9 Å². The summed E-state index contributed by atoms with van der Waals surface area (Å²) in [6, 6.07) is 11.9. The summed E-state index contributed by atoms with van der Waals surface area (Å²) in [5.74, 6) is 0.307. The summed E-state index contributed by atoms with van der Waals surface area (Å²) >= 11 is 0. The van der Waals surface area contributed by atoms with E-state index in [4.69, 9.17) is 4.52 Å². The quantitative estimate of drug-likeness (QED) is 0.585. The van der Waals surface area contributed by atoms with Gasteiger partial charge in [0.25, 0.3) is 0 Å². The third-order valence-electron chi connectivity index (χ3n) is 5.50. The molecule has 1 aliphatic rings. The summed E-state index contributed by atoms with van der Waals surface area (Å²) in [5.41, 5.74) is 3.08. The Balaban J connectivity index is 1.34. The van der Waals surface area contributed by atoms with Crippen molar-refractivity contribution in [3.8, 4) is 11.4 Å². The zero-order valence-corrected chi connectivity index (χ0v) is 17.7. The van der Waals surface area contributed by atoms with E-state index in [0.717, 1.165) is 17.5 Å². The zero-order valence-electron chi connectivity index (χ0n) is 17.7. The molecule has 8 heteroatoms. The molecular weight excluding hydrogens is 394 g/mol. The Labute approximate surface area is 180 Å². The second-order valence-electron chi connectivity index (χ2n) is 7.79. The lowest BCUT2D eigenvalue weighted by atomic mass is 10.1. The number of carbonyl (C=O) groups excluding carboxylic acids is 2. The van der Waals surface area contributed by atoms with Gasteiger partial charge in [-0.25, -0.2) is 0 Å². The number of amides is 2. The van der Waals surface area contributed by atoms with Gasteiger partial charge in [0.15, 0.2) is 0 Å². The Bertz CT molecular complexity index is 1050. The van der Waals surface area contributed by atoms with Crippen molar-refractivity contribution < 1.29 is 14.1 Å². The highest BCUT2D eigenvalue weighted by atomic mass is 16.5. The first-order chi connectivity index (χ1) is 15.0. The first-order valence-electron chi connectivity index (χ1n) is 10.4. The molecule has 1 fully saturated rings. The molecule has 0 N–H and O–H groups in total. The molecule has 3 heterocycles. The fourth-order valence-electron chi connectivity index (χ4n) is 3.72. The topological polar surface area (TPSA) is 92.4 Å². The highest BCUT2D eigenvalue weighted by Crippen LogP contribution is 2.23. The second-order valence-corrected chi connectivity index (χ2v) is 7.79. The predicted molar refractivity (Wildman–Crippen MR) is 113 cm³/mol. The van der Waals surface area contributed by atoms with Crippen molar-refractivity contribution in [2.24, 2.45) is 5.92 Å². The highest BCUT2D eigenvalue weighted by Gasteiger charge is 2.36. The molecule has 31 heavy (non-hydrogen) atoms. The van der Waals surface area contributed by atoms with Crippen molar-refractivity contribution >= 4 is 11.8 Å². The molecular formula is C23H25N5O3. The Morgan fingerprint density at radius 3 is 2.71 bits per heavy atom. The van der Waals surface area contributed by atoms with E-state index >= 15 is 0 Å². The lowest BCUT2D eigenvalue weighted by Gasteiger charge is -2.20. The molecule has 1 aromatic carbocycles. The molecule has 1 atom stereocenters. The lowest BCUT2D eigenvalue weighted by Crippen LogP contribution is -2.34. The van der Waals surface area contributed by atoms with Gasteiger partial charge < -0.3 is 14.3 Å². The van der Waals surface area contributed by atoms with Gasteiger partial charge in [-0.15, -0.1) is 0 Å². The average molecular weight is 419 g/mol. The Morgan fingerprint density at radius 1 is 1.23 bits per heavy atom. The standard InChI is InChI=1S/C23H25N5O3/c1-3-16-6-8-17(9-7-16)13-28-14-19(11-21(28)29)23(30)27(2)15-20-25-22(26-31-20)18-5-4-10-24-12-18/h4-10,12,19H,3,11,13-15H2,1-2H3. The van der Waals surface area contributed by atoms with E-state index in [1.165, 1.54) is 10.5 Å². The van der Waals surface area contributed by atoms with Crippen LogP contribution in [0.3, 0.4) is 0 Å². The molecule has 4 rings (SSSR count). The largest absolute Gasteiger partial charge is 0.338 e. The molecule has 0 aliphatic carbocycles. The summed E-state index contributed by atoms with van der Waals surface area (Å²) in [4.78, 5) is 37.0. The number of carbonyl (C=O) groups is 2. The molecule has 8 nitrogen and oxygen atoms in total. The number of nitrogens with zero attached hydrogens (tertiary/aromatic N) is 5. The fourth-order valence-corrected chi connectivity index (χ4v) is 3.72. The van der Waals surface area contributed by atoms with Crippen LogP contribution in [0.1, 0.15) is 30.4 Å². The van der Waals surface area contributed by atoms with E-state index in [1.807, 2.05) is 18.2 Å². The third kappa shape index (κ3) is 4.79. The van der Waals surface area contributed by atoms with Crippen molar-refractivity contribution in [3.63, 3.8) is 0 Å². The fraction of sp³-hybridized carbons (Fsp3) is 0.348. The molecule has 0 spiro atoms. The van der Waals surface area contributed by atoms with Gasteiger partial charge in [0.05, 0.1) is 12.5 Å². The monoisotopic (exact) mass is 419 g/mol. The van der Waals surface area contributed by atoms with Crippen LogP contribution in [-0.2, 0) is 29.1 Å². The maximum Gasteiger partial charge on any atom is 0.246 e. The van der Waals surface area contributed by atoms with Crippen LogP contribution in [0.4, 0.5) is 0 Å². The molecule has 1 saturated heterocycles. The zero-order chi connectivity index (χ0) is 21.8. The van der Waals surface area contributed by atoms with Crippen molar-refractivity contribution in [3.05, 3.63) is 65.8 Å². The van der Waals surface area contributed by atoms with Crippen LogP contribution in [0.2, 0.25) is 0 Å². The van der Waals surface area contributed by atoms with Gasteiger partial charge in [-0.3, -0.25) is 14.6 Å². The maximum absolute atomic E-state index is 12.9. The number of benzene rings is 1. The van der Waals surface area contributed by atoms with Crippen LogP contribution in [0, 0.1) is 5.92 Å². The lowest BCUT2D eigenvalue weighted by molar-refractivity contribution is -0.135. The first-order valence-corrected chi connectivity index (χ1v) is 10.4. The highest BCUT2D eigenvalue weighted by molar-refractivity contribution is 5.89. The van der Waals surface area contributed by atoms with E-state index in [-0.39, 0.29) is 30.7 Å². The van der Waals surface area contributed by atoms with Gasteiger partial charge in [0.2, 0.25) is 23.5 Å². The molecule has 160 valence electrons. The average Bonchev–Trinajstić information content (AvgIpc) is 3.41. The van der Waals surface area contributed by atoms with Crippen molar-refractivity contribution in [2.75, 3.05) is 13.6 Å². The van der Waals surface area contributed by atoms with Crippen LogP contribution in [0.25, 0.3) is 11.4 Å². The Kier molecular flexibility index (Phi) is 6.06. The molecule has 0 saturated carbocycles. The Morgan fingerprint density at radius 2 is 2.00 bits per heavy atom. The molecule has 0 bridgehead atoms. The number of likely N-dealkylation sites (tertiary alicyclic amines) is 1. The van der Waals surface area contributed by atoms with Crippen LogP contribution in [0.5, 0.6) is 0 Å². The summed E-state index contributed by atoms with van der Waals surface area (Å²) in [6.45, 7) is 3.24. The second kappa shape index (κ2) is 9.07. The number of pyridine rings is 1.